The molecule has 0 aromatic heterocycles. The molecule has 0 bridgehead atoms. The molecule has 152 valence electrons. The molecule has 0 spiro atoms. The summed E-state index contributed by atoms with van der Waals surface area (Å²) >= 11 is 0. The van der Waals surface area contributed by atoms with Gasteiger partial charge in [0.1, 0.15) is 6.10 Å². The molecule has 7 nitrogen and oxygen atoms in total. The zero-order chi connectivity index (χ0) is 20.1. The van der Waals surface area contributed by atoms with Gasteiger partial charge in [0.15, 0.2) is 5.96 Å². The number of sulfonamides is 1. The Balaban J connectivity index is 2.14. The number of rotatable bonds is 5. The third-order valence-electron chi connectivity index (χ3n) is 3.92. The van der Waals surface area contributed by atoms with Crippen molar-refractivity contribution in [2.24, 2.45) is 10.1 Å². The Morgan fingerprint density at radius 3 is 2.81 bits per heavy atom. The van der Waals surface area contributed by atoms with E-state index in [4.69, 9.17) is 9.88 Å². The van der Waals surface area contributed by atoms with Gasteiger partial charge in [-0.2, -0.15) is 13.2 Å². The maximum atomic E-state index is 12.9. The quantitative estimate of drug-likeness (QED) is 0.566. The van der Waals surface area contributed by atoms with E-state index < -0.39 is 27.9 Å². The lowest BCUT2D eigenvalue weighted by Gasteiger charge is -2.35. The van der Waals surface area contributed by atoms with E-state index in [9.17, 15) is 21.6 Å². The maximum absolute atomic E-state index is 12.9. The number of aliphatic imine (C=N–C) groups is 1. The first kappa shape index (κ1) is 21.5. The molecular formula is C16H23F3N4O3S. The van der Waals surface area contributed by atoms with Crippen LogP contribution >= 0.6 is 0 Å². The number of halogens is 3. The minimum Gasteiger partial charge on any atom is -0.370 e. The molecule has 0 saturated carbocycles. The summed E-state index contributed by atoms with van der Waals surface area (Å²) in [5, 5.41) is 8.03. The standard InChI is InChI=1S/C16H23F3N4O3S/c1-2-21-15(22-6-9-27(20,24)25)23-7-8-26-14(11-23)12-4-3-5-13(10-12)16(17,18)19/h3-5,10,14H,2,6-9,11H2,1H3,(H,21,22)(H2,20,24,25). The first-order valence-electron chi connectivity index (χ1n) is 8.42. The number of morpholine rings is 1. The van der Waals surface area contributed by atoms with E-state index in [1.165, 1.54) is 6.07 Å². The van der Waals surface area contributed by atoms with Gasteiger partial charge in [0.05, 0.1) is 31.0 Å². The fourth-order valence-electron chi connectivity index (χ4n) is 2.66. The van der Waals surface area contributed by atoms with E-state index >= 15 is 0 Å². The third-order valence-corrected chi connectivity index (χ3v) is 4.68. The molecule has 3 N–H and O–H groups in total. The molecule has 1 aromatic carbocycles. The molecule has 27 heavy (non-hydrogen) atoms. The number of hydrogen-bond acceptors (Lipinski definition) is 4. The highest BCUT2D eigenvalue weighted by molar-refractivity contribution is 7.89. The number of nitrogens with two attached hydrogens (primary N) is 1. The van der Waals surface area contributed by atoms with Crippen molar-refractivity contribution < 1.29 is 26.3 Å². The van der Waals surface area contributed by atoms with Gasteiger partial charge in [-0.05, 0) is 24.6 Å². The van der Waals surface area contributed by atoms with Crippen LogP contribution in [0.1, 0.15) is 24.2 Å². The SMILES string of the molecule is CCNC(=NCCS(N)(=O)=O)N1CCOC(c2cccc(C(F)(F)F)c2)C1. The van der Waals surface area contributed by atoms with Gasteiger partial charge >= 0.3 is 6.18 Å². The Labute approximate surface area is 156 Å². The van der Waals surface area contributed by atoms with E-state index in [2.05, 4.69) is 10.3 Å². The minimum absolute atomic E-state index is 0.00719. The topological polar surface area (TPSA) is 97.0 Å². The van der Waals surface area contributed by atoms with Gasteiger partial charge in [0.2, 0.25) is 10.0 Å². The smallest absolute Gasteiger partial charge is 0.370 e. The summed E-state index contributed by atoms with van der Waals surface area (Å²) < 4.78 is 66.6. The normalized spacial score (nSPS) is 19.2. The number of nitrogens with zero attached hydrogens (tertiary/aromatic N) is 2. The minimum atomic E-state index is -4.42. The van der Waals surface area contributed by atoms with Gasteiger partial charge in [-0.25, -0.2) is 13.6 Å². The molecule has 1 aromatic rings. The molecular weight excluding hydrogens is 385 g/mol. The van der Waals surface area contributed by atoms with Gasteiger partial charge in [-0.1, -0.05) is 12.1 Å². The lowest BCUT2D eigenvalue weighted by atomic mass is 10.0. The van der Waals surface area contributed by atoms with Crippen LogP contribution in [0.5, 0.6) is 0 Å². The lowest BCUT2D eigenvalue weighted by molar-refractivity contribution is -0.137. The molecule has 1 unspecified atom stereocenters. The Kier molecular flexibility index (Phi) is 7.06. The Bertz CT molecular complexity index is 768. The van der Waals surface area contributed by atoms with Crippen molar-refractivity contribution in [3.05, 3.63) is 35.4 Å². The van der Waals surface area contributed by atoms with Crippen LogP contribution in [0.3, 0.4) is 0 Å². The number of hydrogen-bond donors (Lipinski definition) is 2. The van der Waals surface area contributed by atoms with Crippen molar-refractivity contribution in [1.29, 1.82) is 0 Å². The highest BCUT2D eigenvalue weighted by atomic mass is 32.2. The Morgan fingerprint density at radius 2 is 2.19 bits per heavy atom. The second kappa shape index (κ2) is 8.89. The van der Waals surface area contributed by atoms with Crippen LogP contribution in [0.15, 0.2) is 29.3 Å². The molecule has 1 aliphatic rings. The number of nitrogens with one attached hydrogen (secondary N) is 1. The van der Waals surface area contributed by atoms with Crippen LogP contribution in [-0.4, -0.2) is 57.8 Å². The number of primary sulfonamides is 1. The Morgan fingerprint density at radius 1 is 1.44 bits per heavy atom. The van der Waals surface area contributed by atoms with Crippen molar-refractivity contribution in [1.82, 2.24) is 10.2 Å². The van der Waals surface area contributed by atoms with Crippen molar-refractivity contribution >= 4 is 16.0 Å². The average molecular weight is 408 g/mol. The van der Waals surface area contributed by atoms with Crippen molar-refractivity contribution in [3.8, 4) is 0 Å². The van der Waals surface area contributed by atoms with E-state index in [-0.39, 0.29) is 12.3 Å². The second-order valence-electron chi connectivity index (χ2n) is 6.03. The van der Waals surface area contributed by atoms with Crippen LogP contribution < -0.4 is 10.5 Å². The predicted octanol–water partition coefficient (Wildman–Crippen LogP) is 1.33. The number of guanidine groups is 1. The number of ether oxygens (including phenoxy) is 1. The number of alkyl halides is 3. The molecule has 0 amide bonds. The van der Waals surface area contributed by atoms with Crippen molar-refractivity contribution in [2.75, 3.05) is 38.5 Å². The molecule has 11 heteroatoms. The zero-order valence-corrected chi connectivity index (χ0v) is 15.7. The highest BCUT2D eigenvalue weighted by Gasteiger charge is 2.32. The summed E-state index contributed by atoms with van der Waals surface area (Å²) in [7, 11) is -3.62. The van der Waals surface area contributed by atoms with E-state index in [1.54, 1.807) is 6.07 Å². The summed E-state index contributed by atoms with van der Waals surface area (Å²) in [6.45, 7) is 3.49. The molecule has 0 radical (unpaired) electrons. The second-order valence-corrected chi connectivity index (χ2v) is 7.77. The molecule has 1 fully saturated rings. The monoisotopic (exact) mass is 408 g/mol. The van der Waals surface area contributed by atoms with Crippen LogP contribution in [-0.2, 0) is 20.9 Å². The van der Waals surface area contributed by atoms with E-state index in [0.29, 0.717) is 37.8 Å². The molecule has 0 aliphatic carbocycles. The van der Waals surface area contributed by atoms with Crippen LogP contribution in [0.4, 0.5) is 13.2 Å². The third kappa shape index (κ3) is 6.67. The fraction of sp³-hybridized carbons (Fsp3) is 0.562. The van der Waals surface area contributed by atoms with Crippen LogP contribution in [0.25, 0.3) is 0 Å². The molecule has 1 aliphatic heterocycles. The van der Waals surface area contributed by atoms with E-state index in [1.807, 2.05) is 11.8 Å². The van der Waals surface area contributed by atoms with Gasteiger partial charge < -0.3 is 15.0 Å². The van der Waals surface area contributed by atoms with Gasteiger partial charge in [-0.3, -0.25) is 4.99 Å². The van der Waals surface area contributed by atoms with Crippen molar-refractivity contribution in [3.63, 3.8) is 0 Å². The Hall–Kier alpha value is -1.85. The molecule has 2 rings (SSSR count). The summed E-state index contributed by atoms with van der Waals surface area (Å²) in [5.74, 6) is 0.185. The molecule has 1 heterocycles. The number of benzene rings is 1. The fourth-order valence-corrected chi connectivity index (χ4v) is 3.01. The van der Waals surface area contributed by atoms with Gasteiger partial charge in [0.25, 0.3) is 0 Å². The van der Waals surface area contributed by atoms with Crippen molar-refractivity contribution in [2.45, 2.75) is 19.2 Å². The summed E-state index contributed by atoms with van der Waals surface area (Å²) in [5.41, 5.74) is -0.302. The maximum Gasteiger partial charge on any atom is 0.416 e. The summed E-state index contributed by atoms with van der Waals surface area (Å²) in [4.78, 5) is 6.08. The largest absolute Gasteiger partial charge is 0.416 e. The van der Waals surface area contributed by atoms with E-state index in [0.717, 1.165) is 12.1 Å². The first-order chi connectivity index (χ1) is 12.6. The van der Waals surface area contributed by atoms with Crippen LogP contribution in [0, 0.1) is 0 Å². The highest BCUT2D eigenvalue weighted by Crippen LogP contribution is 2.32. The first-order valence-corrected chi connectivity index (χ1v) is 10.1. The summed E-state index contributed by atoms with van der Waals surface area (Å²) in [6, 6.07) is 5.04. The molecule has 1 atom stereocenters. The average Bonchev–Trinajstić information content (AvgIpc) is 2.59. The van der Waals surface area contributed by atoms with Crippen LogP contribution in [0.2, 0.25) is 0 Å². The predicted molar refractivity (Wildman–Crippen MR) is 95.7 cm³/mol. The molecule has 1 saturated heterocycles. The lowest BCUT2D eigenvalue weighted by Crippen LogP contribution is -2.48. The summed E-state index contributed by atoms with van der Waals surface area (Å²) in [6.07, 6.45) is -4.97. The van der Waals surface area contributed by atoms with Gasteiger partial charge in [-0.15, -0.1) is 0 Å². The zero-order valence-electron chi connectivity index (χ0n) is 14.9. The van der Waals surface area contributed by atoms with Gasteiger partial charge in [0, 0.05) is 13.1 Å².